The van der Waals surface area contributed by atoms with Crippen LogP contribution < -0.4 is 5.32 Å². The van der Waals surface area contributed by atoms with Crippen LogP contribution in [0.5, 0.6) is 0 Å². The molecule has 0 spiro atoms. The number of thiophene rings is 1. The van der Waals surface area contributed by atoms with Gasteiger partial charge in [0.05, 0.1) is 6.04 Å². The van der Waals surface area contributed by atoms with Crippen molar-refractivity contribution in [3.63, 3.8) is 0 Å². The molecule has 1 aromatic rings. The van der Waals surface area contributed by atoms with E-state index in [9.17, 15) is 4.79 Å². The Hall–Kier alpha value is -0.910. The van der Waals surface area contributed by atoms with Gasteiger partial charge in [-0.3, -0.25) is 10.1 Å². The fourth-order valence-corrected chi connectivity index (χ4v) is 3.50. The molecule has 112 valence electrons. The molecule has 2 unspecified atom stereocenters. The van der Waals surface area contributed by atoms with Crippen LogP contribution in [0.3, 0.4) is 0 Å². The maximum atomic E-state index is 12.3. The SMILES string of the molecule is CCN(CC)CCCN1C(=O)C(C)NC1c1cccs1. The third-order valence-corrected chi connectivity index (χ3v) is 4.88. The molecule has 2 atom stereocenters. The number of carbonyl (C=O) groups excluding carboxylic acids is 1. The van der Waals surface area contributed by atoms with Crippen LogP contribution in [-0.2, 0) is 4.79 Å². The van der Waals surface area contributed by atoms with Crippen LogP contribution in [0.25, 0.3) is 0 Å². The molecule has 0 saturated carbocycles. The van der Waals surface area contributed by atoms with Gasteiger partial charge >= 0.3 is 0 Å². The number of carbonyl (C=O) groups is 1. The fourth-order valence-electron chi connectivity index (χ4n) is 2.70. The molecule has 1 saturated heterocycles. The molecule has 1 aromatic heterocycles. The smallest absolute Gasteiger partial charge is 0.241 e. The number of nitrogens with zero attached hydrogens (tertiary/aromatic N) is 2. The summed E-state index contributed by atoms with van der Waals surface area (Å²) in [6.07, 6.45) is 1.10. The van der Waals surface area contributed by atoms with Gasteiger partial charge in [0.15, 0.2) is 0 Å². The molecule has 20 heavy (non-hydrogen) atoms. The lowest BCUT2D eigenvalue weighted by Gasteiger charge is -2.25. The second kappa shape index (κ2) is 7.20. The molecule has 4 nitrogen and oxygen atoms in total. The Balaban J connectivity index is 1.94. The predicted octanol–water partition coefficient (Wildman–Crippen LogP) is 2.30. The maximum absolute atomic E-state index is 12.3. The van der Waals surface area contributed by atoms with Gasteiger partial charge in [0.2, 0.25) is 5.91 Å². The number of hydrogen-bond donors (Lipinski definition) is 1. The zero-order valence-corrected chi connectivity index (χ0v) is 13.4. The van der Waals surface area contributed by atoms with Crippen molar-refractivity contribution in [1.29, 1.82) is 0 Å². The lowest BCUT2D eigenvalue weighted by Crippen LogP contribution is -2.34. The first-order valence-corrected chi connectivity index (χ1v) is 8.37. The van der Waals surface area contributed by atoms with E-state index in [2.05, 4.69) is 35.5 Å². The predicted molar refractivity (Wildman–Crippen MR) is 83.8 cm³/mol. The summed E-state index contributed by atoms with van der Waals surface area (Å²) < 4.78 is 0. The summed E-state index contributed by atoms with van der Waals surface area (Å²) in [5, 5.41) is 5.46. The van der Waals surface area contributed by atoms with Crippen LogP contribution in [0.1, 0.15) is 38.2 Å². The van der Waals surface area contributed by atoms with Crippen LogP contribution in [-0.4, -0.2) is 47.9 Å². The van der Waals surface area contributed by atoms with E-state index in [0.29, 0.717) is 0 Å². The Labute approximate surface area is 125 Å². The molecule has 1 amide bonds. The summed E-state index contributed by atoms with van der Waals surface area (Å²) in [4.78, 5) is 17.9. The lowest BCUT2D eigenvalue weighted by molar-refractivity contribution is -0.129. The fraction of sp³-hybridized carbons (Fsp3) is 0.667. The number of hydrogen-bond acceptors (Lipinski definition) is 4. The summed E-state index contributed by atoms with van der Waals surface area (Å²) in [5.74, 6) is 0.225. The molecular weight excluding hydrogens is 270 g/mol. The van der Waals surface area contributed by atoms with Gasteiger partial charge in [0, 0.05) is 11.4 Å². The quantitative estimate of drug-likeness (QED) is 0.838. The average molecular weight is 295 g/mol. The molecule has 2 heterocycles. The van der Waals surface area contributed by atoms with Gasteiger partial charge in [0.1, 0.15) is 6.17 Å². The van der Waals surface area contributed by atoms with E-state index in [-0.39, 0.29) is 18.1 Å². The molecule has 0 radical (unpaired) electrons. The highest BCUT2D eigenvalue weighted by Crippen LogP contribution is 2.28. The van der Waals surface area contributed by atoms with Crippen molar-refractivity contribution in [3.8, 4) is 0 Å². The van der Waals surface area contributed by atoms with Gasteiger partial charge in [-0.25, -0.2) is 0 Å². The van der Waals surface area contributed by atoms with Crippen LogP contribution in [0.2, 0.25) is 0 Å². The van der Waals surface area contributed by atoms with E-state index in [4.69, 9.17) is 0 Å². The summed E-state index contributed by atoms with van der Waals surface area (Å²) in [7, 11) is 0. The highest BCUT2D eigenvalue weighted by Gasteiger charge is 2.37. The minimum Gasteiger partial charge on any atom is -0.321 e. The van der Waals surface area contributed by atoms with Crippen molar-refractivity contribution in [3.05, 3.63) is 22.4 Å². The van der Waals surface area contributed by atoms with E-state index < -0.39 is 0 Å². The summed E-state index contributed by atoms with van der Waals surface area (Å²) >= 11 is 1.71. The summed E-state index contributed by atoms with van der Waals surface area (Å²) in [6, 6.07) is 4.07. The van der Waals surface area contributed by atoms with E-state index in [0.717, 1.165) is 32.6 Å². The third kappa shape index (κ3) is 3.40. The highest BCUT2D eigenvalue weighted by molar-refractivity contribution is 7.10. The highest BCUT2D eigenvalue weighted by atomic mass is 32.1. The minimum absolute atomic E-state index is 0.0641. The van der Waals surface area contributed by atoms with E-state index in [1.165, 1.54) is 4.88 Å². The monoisotopic (exact) mass is 295 g/mol. The normalized spacial score (nSPS) is 23.0. The summed E-state index contributed by atoms with van der Waals surface area (Å²) in [6.45, 7) is 10.4. The Kier molecular flexibility index (Phi) is 5.57. The molecule has 1 aliphatic heterocycles. The number of nitrogens with one attached hydrogen (secondary N) is 1. The van der Waals surface area contributed by atoms with Crippen molar-refractivity contribution in [2.75, 3.05) is 26.2 Å². The van der Waals surface area contributed by atoms with Crippen molar-refractivity contribution < 1.29 is 4.79 Å². The van der Waals surface area contributed by atoms with E-state index in [1.54, 1.807) is 11.3 Å². The first-order valence-electron chi connectivity index (χ1n) is 7.49. The van der Waals surface area contributed by atoms with Crippen molar-refractivity contribution in [2.45, 2.75) is 39.4 Å². The van der Waals surface area contributed by atoms with Gasteiger partial charge < -0.3 is 9.80 Å². The van der Waals surface area contributed by atoms with Crippen LogP contribution in [0, 0.1) is 0 Å². The topological polar surface area (TPSA) is 35.6 Å². The number of rotatable bonds is 7. The Morgan fingerprint density at radius 1 is 1.40 bits per heavy atom. The van der Waals surface area contributed by atoms with Crippen LogP contribution in [0.4, 0.5) is 0 Å². The molecule has 2 rings (SSSR count). The molecule has 0 aromatic carbocycles. The molecule has 1 aliphatic rings. The van der Waals surface area contributed by atoms with Crippen molar-refractivity contribution in [2.24, 2.45) is 0 Å². The molecule has 5 heteroatoms. The summed E-state index contributed by atoms with van der Waals surface area (Å²) in [5.41, 5.74) is 0. The van der Waals surface area contributed by atoms with Crippen LogP contribution >= 0.6 is 11.3 Å². The molecule has 1 N–H and O–H groups in total. The lowest BCUT2D eigenvalue weighted by atomic mass is 10.3. The van der Waals surface area contributed by atoms with Gasteiger partial charge in [-0.2, -0.15) is 0 Å². The Morgan fingerprint density at radius 2 is 2.15 bits per heavy atom. The Morgan fingerprint density at radius 3 is 2.75 bits per heavy atom. The largest absolute Gasteiger partial charge is 0.321 e. The molecular formula is C15H25N3OS. The molecule has 1 fully saturated rings. The second-order valence-corrected chi connectivity index (χ2v) is 6.20. The van der Waals surface area contributed by atoms with E-state index >= 15 is 0 Å². The van der Waals surface area contributed by atoms with Gasteiger partial charge in [0.25, 0.3) is 0 Å². The molecule has 0 bridgehead atoms. The zero-order valence-electron chi connectivity index (χ0n) is 12.6. The zero-order chi connectivity index (χ0) is 14.5. The van der Waals surface area contributed by atoms with Gasteiger partial charge in [-0.15, -0.1) is 11.3 Å². The molecule has 0 aliphatic carbocycles. The van der Waals surface area contributed by atoms with Crippen LogP contribution in [0.15, 0.2) is 17.5 Å². The second-order valence-electron chi connectivity index (χ2n) is 5.22. The minimum atomic E-state index is -0.0736. The van der Waals surface area contributed by atoms with E-state index in [1.807, 2.05) is 17.9 Å². The van der Waals surface area contributed by atoms with Crippen molar-refractivity contribution in [1.82, 2.24) is 15.1 Å². The number of amides is 1. The standard InChI is InChI=1S/C15H25N3OS/c1-4-17(5-2)9-7-10-18-14(13-8-6-11-20-13)16-12(3)15(18)19/h6,8,11-12,14,16H,4-5,7,9-10H2,1-3H3. The third-order valence-electron chi connectivity index (χ3n) is 3.95. The van der Waals surface area contributed by atoms with Gasteiger partial charge in [-0.05, 0) is 44.4 Å². The van der Waals surface area contributed by atoms with Crippen molar-refractivity contribution >= 4 is 17.2 Å². The average Bonchev–Trinajstić information content (AvgIpc) is 3.06. The Bertz CT molecular complexity index is 417. The maximum Gasteiger partial charge on any atom is 0.241 e. The van der Waals surface area contributed by atoms with Gasteiger partial charge in [-0.1, -0.05) is 19.9 Å². The first-order chi connectivity index (χ1) is 9.67. The first kappa shape index (κ1) is 15.5.